The summed E-state index contributed by atoms with van der Waals surface area (Å²) in [6.07, 6.45) is 2.89. The number of halogens is 1. The third-order valence-electron chi connectivity index (χ3n) is 6.12. The molecule has 4 rings (SSSR count). The Morgan fingerprint density at radius 2 is 1.93 bits per heavy atom. The number of benzene rings is 2. The van der Waals surface area contributed by atoms with Crippen molar-refractivity contribution in [1.29, 1.82) is 0 Å². The fraction of sp³-hybridized carbons (Fsp3) is 0.333. The van der Waals surface area contributed by atoms with E-state index in [0.29, 0.717) is 15.8 Å². The van der Waals surface area contributed by atoms with Crippen molar-refractivity contribution >= 4 is 46.3 Å². The van der Waals surface area contributed by atoms with E-state index in [1.165, 1.54) is 16.2 Å². The van der Waals surface area contributed by atoms with Crippen molar-refractivity contribution in [2.45, 2.75) is 45.2 Å². The lowest BCUT2D eigenvalue weighted by molar-refractivity contribution is -0.123. The SMILES string of the molecule is CC1CC(C)(C)N(C)c2ccc(/C=C3/SC(=O)N(Cc4ccccc4Cl)C3=O)cc21. The van der Waals surface area contributed by atoms with E-state index in [9.17, 15) is 9.59 Å². The molecule has 0 N–H and O–H groups in total. The van der Waals surface area contributed by atoms with Gasteiger partial charge in [0, 0.05) is 23.3 Å². The lowest BCUT2D eigenvalue weighted by Gasteiger charge is -2.45. The van der Waals surface area contributed by atoms with E-state index in [-0.39, 0.29) is 23.2 Å². The Balaban J connectivity index is 1.60. The average Bonchev–Trinajstić information content (AvgIpc) is 2.95. The van der Waals surface area contributed by atoms with Crippen molar-refractivity contribution in [2.75, 3.05) is 11.9 Å². The van der Waals surface area contributed by atoms with Crippen molar-refractivity contribution in [3.63, 3.8) is 0 Å². The van der Waals surface area contributed by atoms with Crippen LogP contribution in [-0.2, 0) is 11.3 Å². The zero-order valence-corrected chi connectivity index (χ0v) is 19.2. The molecule has 2 aliphatic rings. The lowest BCUT2D eigenvalue weighted by Crippen LogP contribution is -2.45. The van der Waals surface area contributed by atoms with Crippen LogP contribution in [0.25, 0.3) is 6.08 Å². The van der Waals surface area contributed by atoms with E-state index in [2.05, 4.69) is 44.9 Å². The van der Waals surface area contributed by atoms with E-state index in [1.54, 1.807) is 6.07 Å². The molecular formula is C24H25ClN2O2S. The van der Waals surface area contributed by atoms with E-state index in [1.807, 2.05) is 30.3 Å². The number of fused-ring (bicyclic) bond motifs is 1. The number of hydrogen-bond donors (Lipinski definition) is 0. The van der Waals surface area contributed by atoms with Crippen LogP contribution < -0.4 is 4.90 Å². The zero-order chi connectivity index (χ0) is 21.6. The number of carbonyl (C=O) groups is 2. The van der Waals surface area contributed by atoms with Crippen LogP contribution in [0, 0.1) is 0 Å². The van der Waals surface area contributed by atoms with Gasteiger partial charge in [0.15, 0.2) is 0 Å². The number of imide groups is 1. The van der Waals surface area contributed by atoms with Crippen molar-refractivity contribution in [3.8, 4) is 0 Å². The molecule has 30 heavy (non-hydrogen) atoms. The maximum absolute atomic E-state index is 12.9. The Kier molecular flexibility index (Phi) is 5.45. The molecule has 1 unspecified atom stereocenters. The van der Waals surface area contributed by atoms with Gasteiger partial charge in [0.05, 0.1) is 11.4 Å². The largest absolute Gasteiger partial charge is 0.369 e. The summed E-state index contributed by atoms with van der Waals surface area (Å²) >= 11 is 7.19. The summed E-state index contributed by atoms with van der Waals surface area (Å²) in [5.74, 6) is 0.156. The summed E-state index contributed by atoms with van der Waals surface area (Å²) in [7, 11) is 2.13. The molecule has 0 radical (unpaired) electrons. The first kappa shape index (κ1) is 21.0. The van der Waals surface area contributed by atoms with Crippen LogP contribution in [0.5, 0.6) is 0 Å². The topological polar surface area (TPSA) is 40.6 Å². The van der Waals surface area contributed by atoms with E-state index in [0.717, 1.165) is 29.3 Å². The van der Waals surface area contributed by atoms with E-state index >= 15 is 0 Å². The van der Waals surface area contributed by atoms with Crippen molar-refractivity contribution in [3.05, 3.63) is 69.1 Å². The molecule has 1 atom stereocenters. The molecule has 0 saturated carbocycles. The number of amides is 2. The molecule has 6 heteroatoms. The Morgan fingerprint density at radius 1 is 1.20 bits per heavy atom. The molecule has 2 amide bonds. The summed E-state index contributed by atoms with van der Waals surface area (Å²) in [6, 6.07) is 13.6. The van der Waals surface area contributed by atoms with Gasteiger partial charge in [0.2, 0.25) is 0 Å². The standard InChI is InChI=1S/C24H25ClN2O2S/c1-15-13-24(2,3)26(4)20-10-9-16(11-18(15)20)12-21-22(28)27(23(29)30-21)14-17-7-5-6-8-19(17)25/h5-12,15H,13-14H2,1-4H3/b21-12+. The van der Waals surface area contributed by atoms with Gasteiger partial charge >= 0.3 is 0 Å². The number of hydrogen-bond acceptors (Lipinski definition) is 4. The highest BCUT2D eigenvalue weighted by Crippen LogP contribution is 2.43. The zero-order valence-electron chi connectivity index (χ0n) is 17.6. The maximum Gasteiger partial charge on any atom is 0.293 e. The molecule has 0 aromatic heterocycles. The smallest absolute Gasteiger partial charge is 0.293 e. The third-order valence-corrected chi connectivity index (χ3v) is 7.39. The monoisotopic (exact) mass is 440 g/mol. The van der Waals surface area contributed by atoms with Crippen molar-refractivity contribution in [2.24, 2.45) is 0 Å². The van der Waals surface area contributed by atoms with Gasteiger partial charge in [0.1, 0.15) is 0 Å². The number of nitrogens with zero attached hydrogens (tertiary/aromatic N) is 2. The van der Waals surface area contributed by atoms with Crippen LogP contribution in [0.1, 0.15) is 49.8 Å². The Labute approximate surface area is 186 Å². The first-order valence-corrected chi connectivity index (χ1v) is 11.2. The lowest BCUT2D eigenvalue weighted by atomic mass is 9.80. The van der Waals surface area contributed by atoms with Crippen LogP contribution in [0.3, 0.4) is 0 Å². The molecule has 2 aliphatic heterocycles. The van der Waals surface area contributed by atoms with Crippen molar-refractivity contribution < 1.29 is 9.59 Å². The summed E-state index contributed by atoms with van der Waals surface area (Å²) < 4.78 is 0. The summed E-state index contributed by atoms with van der Waals surface area (Å²) in [6.45, 7) is 6.95. The minimum atomic E-state index is -0.269. The molecule has 2 heterocycles. The van der Waals surface area contributed by atoms with Gasteiger partial charge in [-0.05, 0) is 78.9 Å². The highest BCUT2D eigenvalue weighted by atomic mass is 35.5. The third kappa shape index (κ3) is 3.77. The quantitative estimate of drug-likeness (QED) is 0.525. The van der Waals surface area contributed by atoms with Crippen LogP contribution in [0.15, 0.2) is 47.4 Å². The van der Waals surface area contributed by atoms with Gasteiger partial charge in [-0.3, -0.25) is 14.5 Å². The van der Waals surface area contributed by atoms with Gasteiger partial charge in [-0.25, -0.2) is 0 Å². The predicted octanol–water partition coefficient (Wildman–Crippen LogP) is 6.30. The summed E-state index contributed by atoms with van der Waals surface area (Å²) in [4.78, 5) is 29.4. The second-order valence-corrected chi connectivity index (χ2v) is 10.1. The summed E-state index contributed by atoms with van der Waals surface area (Å²) in [5.41, 5.74) is 4.31. The average molecular weight is 441 g/mol. The van der Waals surface area contributed by atoms with Gasteiger partial charge in [-0.1, -0.05) is 42.8 Å². The summed E-state index contributed by atoms with van der Waals surface area (Å²) in [5, 5.41) is 0.287. The molecular weight excluding hydrogens is 416 g/mol. The van der Waals surface area contributed by atoms with Gasteiger partial charge < -0.3 is 4.90 Å². The number of thioether (sulfide) groups is 1. The molecule has 0 aliphatic carbocycles. The van der Waals surface area contributed by atoms with Crippen LogP contribution in [0.4, 0.5) is 10.5 Å². The van der Waals surface area contributed by atoms with Crippen LogP contribution >= 0.6 is 23.4 Å². The van der Waals surface area contributed by atoms with Crippen molar-refractivity contribution in [1.82, 2.24) is 4.90 Å². The fourth-order valence-electron chi connectivity index (χ4n) is 4.27. The second-order valence-electron chi connectivity index (χ2n) is 8.65. The highest BCUT2D eigenvalue weighted by molar-refractivity contribution is 8.18. The molecule has 0 bridgehead atoms. The Hall–Kier alpha value is -2.24. The fourth-order valence-corrected chi connectivity index (χ4v) is 5.30. The first-order valence-electron chi connectivity index (χ1n) is 10.0. The molecule has 2 aromatic rings. The molecule has 1 saturated heterocycles. The first-order chi connectivity index (χ1) is 14.2. The molecule has 1 fully saturated rings. The molecule has 2 aromatic carbocycles. The number of rotatable bonds is 3. The minimum Gasteiger partial charge on any atom is -0.369 e. The maximum atomic E-state index is 12.9. The molecule has 0 spiro atoms. The van der Waals surface area contributed by atoms with Gasteiger partial charge in [-0.15, -0.1) is 0 Å². The highest BCUT2D eigenvalue weighted by Gasteiger charge is 2.36. The molecule has 156 valence electrons. The predicted molar refractivity (Wildman–Crippen MR) is 125 cm³/mol. The Bertz CT molecular complexity index is 1060. The van der Waals surface area contributed by atoms with Gasteiger partial charge in [0.25, 0.3) is 11.1 Å². The second kappa shape index (κ2) is 7.78. The van der Waals surface area contributed by atoms with E-state index in [4.69, 9.17) is 11.6 Å². The van der Waals surface area contributed by atoms with E-state index < -0.39 is 0 Å². The van der Waals surface area contributed by atoms with Gasteiger partial charge in [-0.2, -0.15) is 0 Å². The minimum absolute atomic E-state index is 0.106. The normalized spacial score (nSPS) is 22.0. The Morgan fingerprint density at radius 3 is 2.67 bits per heavy atom. The molecule has 4 nitrogen and oxygen atoms in total. The number of anilines is 1. The van der Waals surface area contributed by atoms with Crippen LogP contribution in [-0.4, -0.2) is 28.6 Å². The van der Waals surface area contributed by atoms with Crippen LogP contribution in [0.2, 0.25) is 5.02 Å². The number of carbonyl (C=O) groups excluding carboxylic acids is 2.